The van der Waals surface area contributed by atoms with Crippen LogP contribution in [-0.2, 0) is 20.7 Å². The summed E-state index contributed by atoms with van der Waals surface area (Å²) in [5.74, 6) is -0.229. The van der Waals surface area contributed by atoms with E-state index in [0.29, 0.717) is 32.6 Å². The van der Waals surface area contributed by atoms with Crippen molar-refractivity contribution in [3.63, 3.8) is 0 Å². The number of nitrogens with one attached hydrogen (secondary N) is 1. The third-order valence-corrected chi connectivity index (χ3v) is 7.67. The fourth-order valence-electron chi connectivity index (χ4n) is 5.83. The number of carbonyl (C=O) groups is 2. The third kappa shape index (κ3) is 4.74. The van der Waals surface area contributed by atoms with Crippen LogP contribution in [0.4, 0.5) is 11.4 Å². The number of nitro groups is 1. The minimum atomic E-state index is -0.388. The van der Waals surface area contributed by atoms with Gasteiger partial charge >= 0.3 is 0 Å². The molecule has 34 heavy (non-hydrogen) atoms. The minimum Gasteiger partial charge on any atom is -0.376 e. The van der Waals surface area contributed by atoms with Gasteiger partial charge in [0.1, 0.15) is 0 Å². The molecule has 3 fully saturated rings. The highest BCUT2D eigenvalue weighted by atomic mass is 16.6. The first kappa shape index (κ1) is 23.0. The molecule has 3 saturated heterocycles. The van der Waals surface area contributed by atoms with Crippen LogP contribution in [0, 0.1) is 16.0 Å². The number of ether oxygens (including phenoxy) is 1. The molecule has 1 aromatic carbocycles. The van der Waals surface area contributed by atoms with E-state index in [9.17, 15) is 19.7 Å². The number of nitrogens with zero attached hydrogens (tertiary/aromatic N) is 4. The predicted octanol–water partition coefficient (Wildman–Crippen LogP) is 1.18. The van der Waals surface area contributed by atoms with Crippen LogP contribution in [0.2, 0.25) is 0 Å². The molecule has 184 valence electrons. The SMILES string of the molecule is O=C(NC[C@@H]1CCCO1)[C@H]1Cc2cc([N+](=O)[O-])ccc2N2CCN(CC(=O)N3CCCC3)C[C@@H]12. The van der Waals surface area contributed by atoms with Crippen LogP contribution in [-0.4, -0.2) is 91.1 Å². The molecule has 1 aromatic rings. The summed E-state index contributed by atoms with van der Waals surface area (Å²) < 4.78 is 5.65. The number of rotatable bonds is 6. The number of piperazine rings is 1. The van der Waals surface area contributed by atoms with Gasteiger partial charge in [0.25, 0.3) is 5.69 Å². The Bertz CT molecular complexity index is 944. The number of nitro benzene ring substituents is 1. The number of likely N-dealkylation sites (tertiary alicyclic amines) is 1. The van der Waals surface area contributed by atoms with Crippen molar-refractivity contribution in [1.82, 2.24) is 15.1 Å². The molecule has 3 atom stereocenters. The fourth-order valence-corrected chi connectivity index (χ4v) is 5.83. The van der Waals surface area contributed by atoms with Gasteiger partial charge < -0.3 is 19.9 Å². The second kappa shape index (κ2) is 9.87. The molecule has 4 aliphatic heterocycles. The predicted molar refractivity (Wildman–Crippen MR) is 126 cm³/mol. The Kier molecular flexibility index (Phi) is 6.69. The second-order valence-corrected chi connectivity index (χ2v) is 9.84. The summed E-state index contributed by atoms with van der Waals surface area (Å²) in [6.45, 7) is 5.29. The van der Waals surface area contributed by atoms with Crippen molar-refractivity contribution in [2.45, 2.75) is 44.2 Å². The van der Waals surface area contributed by atoms with E-state index >= 15 is 0 Å². The zero-order chi connectivity index (χ0) is 23.7. The molecule has 2 amide bonds. The van der Waals surface area contributed by atoms with Gasteiger partial charge in [-0.25, -0.2) is 0 Å². The second-order valence-electron chi connectivity index (χ2n) is 9.84. The number of carbonyl (C=O) groups excluding carboxylic acids is 2. The number of fused-ring (bicyclic) bond motifs is 3. The minimum absolute atomic E-state index is 0.0459. The Hall–Kier alpha value is -2.72. The van der Waals surface area contributed by atoms with Crippen LogP contribution in [0.3, 0.4) is 0 Å². The lowest BCUT2D eigenvalue weighted by atomic mass is 9.83. The number of anilines is 1. The molecule has 10 heteroatoms. The highest BCUT2D eigenvalue weighted by Gasteiger charge is 2.42. The van der Waals surface area contributed by atoms with Gasteiger partial charge in [0.05, 0.1) is 29.5 Å². The average Bonchev–Trinajstić information content (AvgIpc) is 3.56. The third-order valence-electron chi connectivity index (χ3n) is 7.67. The number of benzene rings is 1. The Labute approximate surface area is 199 Å². The lowest BCUT2D eigenvalue weighted by molar-refractivity contribution is -0.384. The molecular weight excluding hydrogens is 438 g/mol. The zero-order valence-electron chi connectivity index (χ0n) is 19.5. The summed E-state index contributed by atoms with van der Waals surface area (Å²) in [4.78, 5) is 43.4. The highest BCUT2D eigenvalue weighted by molar-refractivity contribution is 5.82. The maximum absolute atomic E-state index is 13.4. The Morgan fingerprint density at radius 3 is 2.71 bits per heavy atom. The van der Waals surface area contributed by atoms with Gasteiger partial charge in [-0.2, -0.15) is 0 Å². The van der Waals surface area contributed by atoms with E-state index in [0.717, 1.165) is 63.2 Å². The van der Waals surface area contributed by atoms with Crippen LogP contribution in [0.1, 0.15) is 31.2 Å². The molecule has 0 aromatic heterocycles. The summed E-state index contributed by atoms with van der Waals surface area (Å²) in [6, 6.07) is 4.87. The summed E-state index contributed by atoms with van der Waals surface area (Å²) in [6.07, 6.45) is 4.59. The molecule has 0 radical (unpaired) electrons. The number of hydrogen-bond acceptors (Lipinski definition) is 7. The molecule has 4 aliphatic rings. The number of hydrogen-bond donors (Lipinski definition) is 1. The van der Waals surface area contributed by atoms with Crippen molar-refractivity contribution < 1.29 is 19.2 Å². The summed E-state index contributed by atoms with van der Waals surface area (Å²) in [5, 5.41) is 14.4. The van der Waals surface area contributed by atoms with Crippen LogP contribution < -0.4 is 10.2 Å². The molecule has 0 unspecified atom stereocenters. The molecule has 10 nitrogen and oxygen atoms in total. The van der Waals surface area contributed by atoms with E-state index in [1.165, 1.54) is 6.07 Å². The smallest absolute Gasteiger partial charge is 0.269 e. The molecule has 0 aliphatic carbocycles. The molecule has 0 spiro atoms. The average molecular weight is 472 g/mol. The zero-order valence-corrected chi connectivity index (χ0v) is 19.5. The normalized spacial score (nSPS) is 26.8. The lowest BCUT2D eigenvalue weighted by Gasteiger charge is -2.49. The molecule has 0 saturated carbocycles. The van der Waals surface area contributed by atoms with E-state index in [-0.39, 0.29) is 40.5 Å². The van der Waals surface area contributed by atoms with E-state index in [2.05, 4.69) is 15.1 Å². The topological polar surface area (TPSA) is 108 Å². The molecule has 1 N–H and O–H groups in total. The quantitative estimate of drug-likeness (QED) is 0.490. The largest absolute Gasteiger partial charge is 0.376 e. The highest BCUT2D eigenvalue weighted by Crippen LogP contribution is 2.38. The van der Waals surface area contributed by atoms with E-state index in [1.54, 1.807) is 6.07 Å². The maximum Gasteiger partial charge on any atom is 0.269 e. The maximum atomic E-state index is 13.4. The van der Waals surface area contributed by atoms with Crippen LogP contribution >= 0.6 is 0 Å². The fraction of sp³-hybridized carbons (Fsp3) is 0.667. The monoisotopic (exact) mass is 471 g/mol. The standard InChI is InChI=1S/C24H33N5O5/c30-23(27-7-1-2-8-27)16-26-9-10-28-21-6-5-18(29(32)33)12-17(21)13-20(22(28)15-26)24(31)25-14-19-4-3-11-34-19/h5-6,12,19-20,22H,1-4,7-11,13-16H2,(H,25,31)/t19-,20-,22-/m0/s1. The van der Waals surface area contributed by atoms with E-state index < -0.39 is 0 Å². The number of non-ortho nitro benzene ring substituents is 1. The van der Waals surface area contributed by atoms with Crippen LogP contribution in [0.25, 0.3) is 0 Å². The van der Waals surface area contributed by atoms with Crippen molar-refractivity contribution >= 4 is 23.2 Å². The first-order chi connectivity index (χ1) is 16.5. The van der Waals surface area contributed by atoms with Gasteiger partial charge in [-0.05, 0) is 43.7 Å². The van der Waals surface area contributed by atoms with E-state index in [4.69, 9.17) is 4.74 Å². The van der Waals surface area contributed by atoms with Gasteiger partial charge in [0.2, 0.25) is 11.8 Å². The first-order valence-electron chi connectivity index (χ1n) is 12.4. The van der Waals surface area contributed by atoms with Gasteiger partial charge in [0, 0.05) is 63.7 Å². The van der Waals surface area contributed by atoms with Crippen molar-refractivity contribution in [3.8, 4) is 0 Å². The summed E-state index contributed by atoms with van der Waals surface area (Å²) >= 11 is 0. The molecule has 4 heterocycles. The summed E-state index contributed by atoms with van der Waals surface area (Å²) in [7, 11) is 0. The first-order valence-corrected chi connectivity index (χ1v) is 12.4. The van der Waals surface area contributed by atoms with Crippen molar-refractivity contribution in [2.24, 2.45) is 5.92 Å². The van der Waals surface area contributed by atoms with Crippen molar-refractivity contribution in [1.29, 1.82) is 0 Å². The molecular formula is C24H33N5O5. The van der Waals surface area contributed by atoms with Gasteiger partial charge in [-0.15, -0.1) is 0 Å². The van der Waals surface area contributed by atoms with Gasteiger partial charge in [-0.3, -0.25) is 24.6 Å². The Morgan fingerprint density at radius 2 is 1.97 bits per heavy atom. The van der Waals surface area contributed by atoms with Crippen LogP contribution in [0.5, 0.6) is 0 Å². The lowest BCUT2D eigenvalue weighted by Crippen LogP contribution is -2.62. The van der Waals surface area contributed by atoms with Gasteiger partial charge in [-0.1, -0.05) is 0 Å². The molecule has 0 bridgehead atoms. The van der Waals surface area contributed by atoms with Gasteiger partial charge in [0.15, 0.2) is 0 Å². The Morgan fingerprint density at radius 1 is 1.15 bits per heavy atom. The van der Waals surface area contributed by atoms with Crippen molar-refractivity contribution in [3.05, 3.63) is 33.9 Å². The molecule has 5 rings (SSSR count). The summed E-state index contributed by atoms with van der Waals surface area (Å²) in [5.41, 5.74) is 1.85. The number of amides is 2. The van der Waals surface area contributed by atoms with E-state index in [1.807, 2.05) is 11.0 Å². The Balaban J connectivity index is 1.34. The van der Waals surface area contributed by atoms with Crippen LogP contribution in [0.15, 0.2) is 18.2 Å². The van der Waals surface area contributed by atoms with Crippen molar-refractivity contribution in [2.75, 3.05) is 57.3 Å².